The van der Waals surface area contributed by atoms with Crippen LogP contribution in [0, 0.1) is 0 Å². The van der Waals surface area contributed by atoms with Crippen molar-refractivity contribution in [2.24, 2.45) is 0 Å². The van der Waals surface area contributed by atoms with Gasteiger partial charge in [-0.2, -0.15) is 0 Å². The first kappa shape index (κ1) is 14.1. The summed E-state index contributed by atoms with van der Waals surface area (Å²) in [6.45, 7) is 0. The predicted molar refractivity (Wildman–Crippen MR) is 82.0 cm³/mol. The van der Waals surface area contributed by atoms with E-state index < -0.39 is 0 Å². The molecular weight excluding hydrogens is 336 g/mol. The van der Waals surface area contributed by atoms with Crippen LogP contribution in [-0.2, 0) is 12.8 Å². The Morgan fingerprint density at radius 2 is 1.62 bits per heavy atom. The number of phenols is 4. The summed E-state index contributed by atoms with van der Waals surface area (Å²) in [6.07, 6.45) is 2.19. The molecule has 3 rings (SSSR count). The summed E-state index contributed by atoms with van der Waals surface area (Å²) in [7, 11) is 0. The third-order valence-electron chi connectivity index (χ3n) is 4.10. The molecule has 0 spiro atoms. The van der Waals surface area contributed by atoms with Gasteiger partial charge in [-0.1, -0.05) is 6.07 Å². The van der Waals surface area contributed by atoms with Gasteiger partial charge in [0.15, 0.2) is 11.5 Å². The van der Waals surface area contributed by atoms with Gasteiger partial charge < -0.3 is 20.4 Å². The molecule has 1 aliphatic carbocycles. The molecule has 0 saturated heterocycles. The van der Waals surface area contributed by atoms with Crippen LogP contribution in [0.2, 0.25) is 0 Å². The summed E-state index contributed by atoms with van der Waals surface area (Å²) in [5.74, 6) is 0.0576. The third kappa shape index (κ3) is 2.42. The lowest BCUT2D eigenvalue weighted by Gasteiger charge is -2.27. The molecule has 1 unspecified atom stereocenters. The zero-order valence-corrected chi connectivity index (χ0v) is 12.8. The number of hydrogen-bond acceptors (Lipinski definition) is 4. The lowest BCUT2D eigenvalue weighted by atomic mass is 9.79. The summed E-state index contributed by atoms with van der Waals surface area (Å²) >= 11 is 3.38. The fourth-order valence-corrected chi connectivity index (χ4v) is 3.47. The average molecular weight is 351 g/mol. The Hall–Kier alpha value is -1.88. The minimum atomic E-state index is -0.133. The first-order valence-corrected chi connectivity index (χ1v) is 7.50. The molecule has 1 aliphatic rings. The number of benzene rings is 2. The minimum absolute atomic E-state index is 0.0282. The summed E-state index contributed by atoms with van der Waals surface area (Å²) in [6, 6.07) is 6.20. The number of rotatable bonds is 1. The summed E-state index contributed by atoms with van der Waals surface area (Å²) in [5, 5.41) is 38.8. The quantitative estimate of drug-likeness (QED) is 0.593. The van der Waals surface area contributed by atoms with E-state index in [9.17, 15) is 20.4 Å². The molecule has 1 atom stereocenters. The molecule has 0 radical (unpaired) electrons. The van der Waals surface area contributed by atoms with Gasteiger partial charge in [0.2, 0.25) is 0 Å². The highest BCUT2D eigenvalue weighted by Gasteiger charge is 2.26. The molecule has 0 saturated carbocycles. The van der Waals surface area contributed by atoms with Crippen LogP contribution in [0.5, 0.6) is 23.0 Å². The van der Waals surface area contributed by atoms with Gasteiger partial charge in [-0.3, -0.25) is 0 Å². The van der Waals surface area contributed by atoms with E-state index in [0.29, 0.717) is 17.3 Å². The lowest BCUT2D eigenvalue weighted by Crippen LogP contribution is -2.13. The Bertz CT molecular complexity index is 712. The molecule has 0 bridgehead atoms. The first-order chi connectivity index (χ1) is 9.97. The van der Waals surface area contributed by atoms with E-state index in [1.165, 1.54) is 12.1 Å². The standard InChI is InChI=1S/C16H15BrO4/c17-16-11-5-8(9-2-4-12(18)14(20)6-9)1-3-10(11)13(19)7-15(16)21/h2,4,6-8,18-21H,1,3,5H2. The number of halogens is 1. The smallest absolute Gasteiger partial charge is 0.157 e. The molecule has 110 valence electrons. The van der Waals surface area contributed by atoms with Gasteiger partial charge in [0.1, 0.15) is 11.5 Å². The largest absolute Gasteiger partial charge is 0.508 e. The van der Waals surface area contributed by atoms with Crippen LogP contribution >= 0.6 is 15.9 Å². The molecule has 0 heterocycles. The summed E-state index contributed by atoms with van der Waals surface area (Å²) < 4.78 is 0.614. The van der Waals surface area contributed by atoms with Crippen LogP contribution in [0.4, 0.5) is 0 Å². The van der Waals surface area contributed by atoms with Crippen molar-refractivity contribution in [1.82, 2.24) is 0 Å². The number of aromatic hydroxyl groups is 4. The second kappa shape index (κ2) is 5.15. The van der Waals surface area contributed by atoms with E-state index in [4.69, 9.17) is 0 Å². The van der Waals surface area contributed by atoms with Crippen LogP contribution in [-0.4, -0.2) is 20.4 Å². The highest BCUT2D eigenvalue weighted by atomic mass is 79.9. The molecule has 4 nitrogen and oxygen atoms in total. The van der Waals surface area contributed by atoms with Crippen molar-refractivity contribution >= 4 is 15.9 Å². The average Bonchev–Trinajstić information content (AvgIpc) is 2.47. The zero-order chi connectivity index (χ0) is 15.1. The van der Waals surface area contributed by atoms with Crippen molar-refractivity contribution in [1.29, 1.82) is 0 Å². The second-order valence-corrected chi connectivity index (χ2v) is 6.17. The minimum Gasteiger partial charge on any atom is -0.508 e. The van der Waals surface area contributed by atoms with Crippen LogP contribution in [0.1, 0.15) is 29.0 Å². The second-order valence-electron chi connectivity index (χ2n) is 5.37. The first-order valence-electron chi connectivity index (χ1n) is 6.71. The Kier molecular flexibility index (Phi) is 3.45. The Balaban J connectivity index is 1.99. The summed E-state index contributed by atoms with van der Waals surface area (Å²) in [5.41, 5.74) is 2.70. The molecule has 21 heavy (non-hydrogen) atoms. The number of hydrogen-bond donors (Lipinski definition) is 4. The molecule has 0 aliphatic heterocycles. The SMILES string of the molecule is Oc1ccc(C2CCc3c(O)cc(O)c(Br)c3C2)cc1O. The van der Waals surface area contributed by atoms with Gasteiger partial charge in [-0.15, -0.1) is 0 Å². The highest BCUT2D eigenvalue weighted by Crippen LogP contribution is 2.44. The van der Waals surface area contributed by atoms with Crippen LogP contribution in [0.25, 0.3) is 0 Å². The van der Waals surface area contributed by atoms with Crippen molar-refractivity contribution in [2.75, 3.05) is 0 Å². The Morgan fingerprint density at radius 1 is 0.857 bits per heavy atom. The van der Waals surface area contributed by atoms with Gasteiger partial charge in [-0.05, 0) is 69.9 Å². The van der Waals surface area contributed by atoms with Crippen molar-refractivity contribution in [3.8, 4) is 23.0 Å². The molecule has 2 aromatic carbocycles. The summed E-state index contributed by atoms with van der Waals surface area (Å²) in [4.78, 5) is 0. The van der Waals surface area contributed by atoms with Gasteiger partial charge in [0.05, 0.1) is 4.47 Å². The van der Waals surface area contributed by atoms with Gasteiger partial charge in [0, 0.05) is 6.07 Å². The van der Waals surface area contributed by atoms with Gasteiger partial charge >= 0.3 is 0 Å². The molecule has 0 amide bonds. The van der Waals surface area contributed by atoms with Crippen LogP contribution in [0.15, 0.2) is 28.7 Å². The molecule has 2 aromatic rings. The fraction of sp³-hybridized carbons (Fsp3) is 0.250. The Morgan fingerprint density at radius 3 is 2.33 bits per heavy atom. The van der Waals surface area contributed by atoms with Crippen LogP contribution in [0.3, 0.4) is 0 Å². The van der Waals surface area contributed by atoms with E-state index in [1.54, 1.807) is 12.1 Å². The third-order valence-corrected chi connectivity index (χ3v) is 4.99. The van der Waals surface area contributed by atoms with Crippen molar-refractivity contribution in [3.63, 3.8) is 0 Å². The van der Waals surface area contributed by atoms with E-state index >= 15 is 0 Å². The highest BCUT2D eigenvalue weighted by molar-refractivity contribution is 9.10. The van der Waals surface area contributed by atoms with Crippen molar-refractivity contribution < 1.29 is 20.4 Å². The topological polar surface area (TPSA) is 80.9 Å². The maximum Gasteiger partial charge on any atom is 0.157 e. The van der Waals surface area contributed by atoms with E-state index in [-0.39, 0.29) is 28.9 Å². The maximum atomic E-state index is 9.95. The fourth-order valence-electron chi connectivity index (χ4n) is 2.96. The Labute approximate surface area is 130 Å². The monoisotopic (exact) mass is 350 g/mol. The maximum absolute atomic E-state index is 9.95. The van der Waals surface area contributed by atoms with Crippen molar-refractivity contribution in [2.45, 2.75) is 25.2 Å². The zero-order valence-electron chi connectivity index (χ0n) is 11.2. The predicted octanol–water partition coefficient (Wildman–Crippen LogP) is 3.54. The van der Waals surface area contributed by atoms with E-state index in [1.807, 2.05) is 0 Å². The van der Waals surface area contributed by atoms with Gasteiger partial charge in [0.25, 0.3) is 0 Å². The molecule has 4 N–H and O–H groups in total. The molecule has 0 aromatic heterocycles. The van der Waals surface area contributed by atoms with E-state index in [2.05, 4.69) is 15.9 Å². The van der Waals surface area contributed by atoms with Gasteiger partial charge in [-0.25, -0.2) is 0 Å². The van der Waals surface area contributed by atoms with Crippen molar-refractivity contribution in [3.05, 3.63) is 45.4 Å². The van der Waals surface area contributed by atoms with E-state index in [0.717, 1.165) is 23.1 Å². The lowest BCUT2D eigenvalue weighted by molar-refractivity contribution is 0.402. The molecule has 0 fully saturated rings. The number of phenolic OH excluding ortho intramolecular Hbond substituents is 4. The normalized spacial score (nSPS) is 17.5. The molecule has 5 heteroatoms. The molecular formula is C16H15BrO4. The van der Waals surface area contributed by atoms with Crippen LogP contribution < -0.4 is 0 Å². The number of fused-ring (bicyclic) bond motifs is 1.